The first-order valence-electron chi connectivity index (χ1n) is 4.33. The molecule has 3 nitrogen and oxygen atoms in total. The minimum atomic E-state index is -1.23. The van der Waals surface area contributed by atoms with Crippen molar-refractivity contribution in [3.63, 3.8) is 0 Å². The second-order valence-corrected chi connectivity index (χ2v) is 3.32. The van der Waals surface area contributed by atoms with E-state index in [1.54, 1.807) is 30.3 Å². The maximum Gasteiger partial charge on any atom is 0.338 e. The maximum atomic E-state index is 10.8. The molecule has 0 heterocycles. The molecule has 0 aromatic heterocycles. The van der Waals surface area contributed by atoms with Crippen LogP contribution in [0.3, 0.4) is 0 Å². The van der Waals surface area contributed by atoms with Crippen LogP contribution in [0.25, 0.3) is 6.08 Å². The van der Waals surface area contributed by atoms with E-state index in [4.69, 9.17) is 11.6 Å². The van der Waals surface area contributed by atoms with Crippen molar-refractivity contribution in [2.75, 3.05) is 7.11 Å². The van der Waals surface area contributed by atoms with Crippen molar-refractivity contribution < 1.29 is 14.6 Å². The number of carbonyl (C=O) groups excluding carboxylic acids is 1. The van der Waals surface area contributed by atoms with Crippen molar-refractivity contribution in [2.24, 2.45) is 0 Å². The molecule has 0 aliphatic heterocycles. The number of ether oxygens (including phenoxy) is 1. The largest absolute Gasteiger partial charge is 0.467 e. The van der Waals surface area contributed by atoms with E-state index < -0.39 is 12.1 Å². The van der Waals surface area contributed by atoms with E-state index in [0.29, 0.717) is 5.02 Å². The molecule has 4 heteroatoms. The highest BCUT2D eigenvalue weighted by atomic mass is 35.5. The highest BCUT2D eigenvalue weighted by Crippen LogP contribution is 2.10. The molecule has 0 aliphatic carbocycles. The Morgan fingerprint density at radius 2 is 2.07 bits per heavy atom. The summed E-state index contributed by atoms with van der Waals surface area (Å²) in [6, 6.07) is 7.02. The van der Waals surface area contributed by atoms with Gasteiger partial charge in [-0.15, -0.1) is 0 Å². The number of rotatable bonds is 3. The molecule has 1 aromatic carbocycles. The summed E-state index contributed by atoms with van der Waals surface area (Å²) in [4.78, 5) is 10.8. The third kappa shape index (κ3) is 3.73. The van der Waals surface area contributed by atoms with Crippen LogP contribution in [0.2, 0.25) is 5.02 Å². The molecule has 1 rings (SSSR count). The lowest BCUT2D eigenvalue weighted by Gasteiger charge is -2.01. The number of benzene rings is 1. The Hall–Kier alpha value is -1.32. The SMILES string of the molecule is COC(=O)[C@@H](O)/C=C/c1ccc(Cl)cc1. The van der Waals surface area contributed by atoms with Crippen LogP contribution in [0.15, 0.2) is 30.3 Å². The number of halogens is 1. The lowest BCUT2D eigenvalue weighted by Crippen LogP contribution is -2.18. The summed E-state index contributed by atoms with van der Waals surface area (Å²) in [5, 5.41) is 9.89. The first-order chi connectivity index (χ1) is 7.13. The molecule has 0 aliphatic rings. The molecular weight excluding hydrogens is 216 g/mol. The van der Waals surface area contributed by atoms with E-state index in [9.17, 15) is 9.90 Å². The molecule has 15 heavy (non-hydrogen) atoms. The number of aliphatic hydroxyl groups is 1. The fraction of sp³-hybridized carbons (Fsp3) is 0.182. The zero-order valence-corrected chi connectivity index (χ0v) is 8.94. The van der Waals surface area contributed by atoms with E-state index in [-0.39, 0.29) is 0 Å². The van der Waals surface area contributed by atoms with Gasteiger partial charge in [0.1, 0.15) is 0 Å². The number of esters is 1. The highest BCUT2D eigenvalue weighted by molar-refractivity contribution is 6.30. The van der Waals surface area contributed by atoms with Crippen molar-refractivity contribution in [3.05, 3.63) is 40.9 Å². The van der Waals surface area contributed by atoms with Crippen LogP contribution in [-0.2, 0) is 9.53 Å². The Morgan fingerprint density at radius 1 is 1.47 bits per heavy atom. The van der Waals surface area contributed by atoms with Gasteiger partial charge in [0.2, 0.25) is 0 Å². The second-order valence-electron chi connectivity index (χ2n) is 2.88. The quantitative estimate of drug-likeness (QED) is 0.801. The highest BCUT2D eigenvalue weighted by Gasteiger charge is 2.10. The van der Waals surface area contributed by atoms with Crippen LogP contribution in [-0.4, -0.2) is 24.3 Å². The normalized spacial score (nSPS) is 12.7. The molecule has 1 N–H and O–H groups in total. The third-order valence-electron chi connectivity index (χ3n) is 1.78. The monoisotopic (exact) mass is 226 g/mol. The Labute approximate surface area is 92.9 Å². The average molecular weight is 227 g/mol. The smallest absolute Gasteiger partial charge is 0.338 e. The second kappa shape index (κ2) is 5.53. The average Bonchev–Trinajstić information content (AvgIpc) is 2.26. The number of carbonyl (C=O) groups is 1. The number of hydrogen-bond acceptors (Lipinski definition) is 3. The Morgan fingerprint density at radius 3 is 2.60 bits per heavy atom. The van der Waals surface area contributed by atoms with Crippen molar-refractivity contribution in [3.8, 4) is 0 Å². The molecule has 0 fully saturated rings. The van der Waals surface area contributed by atoms with Gasteiger partial charge in [0.05, 0.1) is 7.11 Å². The zero-order valence-electron chi connectivity index (χ0n) is 8.18. The van der Waals surface area contributed by atoms with Crippen LogP contribution in [0.4, 0.5) is 0 Å². The van der Waals surface area contributed by atoms with Crippen LogP contribution in [0, 0.1) is 0 Å². The van der Waals surface area contributed by atoms with Gasteiger partial charge < -0.3 is 9.84 Å². The molecule has 0 bridgehead atoms. The molecular formula is C11H11ClO3. The molecule has 0 unspecified atom stereocenters. The summed E-state index contributed by atoms with van der Waals surface area (Å²) in [6.07, 6.45) is 1.75. The Kier molecular flexibility index (Phi) is 4.34. The van der Waals surface area contributed by atoms with Crippen molar-refractivity contribution >= 4 is 23.6 Å². The summed E-state index contributed by atoms with van der Waals surface area (Å²) in [5.74, 6) is -0.680. The first-order valence-corrected chi connectivity index (χ1v) is 4.71. The molecule has 0 saturated heterocycles. The van der Waals surface area contributed by atoms with E-state index in [1.807, 2.05) is 0 Å². The summed E-state index contributed by atoms with van der Waals surface area (Å²) in [5.41, 5.74) is 0.849. The van der Waals surface area contributed by atoms with Gasteiger partial charge in [-0.1, -0.05) is 29.8 Å². The molecule has 0 spiro atoms. The van der Waals surface area contributed by atoms with Gasteiger partial charge in [0.25, 0.3) is 0 Å². The van der Waals surface area contributed by atoms with Gasteiger partial charge in [-0.2, -0.15) is 0 Å². The third-order valence-corrected chi connectivity index (χ3v) is 2.04. The standard InChI is InChI=1S/C11H11ClO3/c1-15-11(14)10(13)7-4-8-2-5-9(12)6-3-8/h2-7,10,13H,1H3/b7-4+/t10-/m0/s1. The number of hydrogen-bond donors (Lipinski definition) is 1. The fourth-order valence-electron chi connectivity index (χ4n) is 0.975. The predicted molar refractivity (Wildman–Crippen MR) is 58.5 cm³/mol. The summed E-state index contributed by atoms with van der Waals surface area (Å²) >= 11 is 5.70. The lowest BCUT2D eigenvalue weighted by molar-refractivity contribution is -0.147. The molecule has 1 aromatic rings. The molecule has 0 saturated carbocycles. The van der Waals surface area contributed by atoms with Crippen LogP contribution >= 0.6 is 11.6 Å². The zero-order chi connectivity index (χ0) is 11.3. The summed E-state index contributed by atoms with van der Waals surface area (Å²) in [7, 11) is 1.22. The van der Waals surface area contributed by atoms with E-state index in [0.717, 1.165) is 5.56 Å². The topological polar surface area (TPSA) is 46.5 Å². The first kappa shape index (κ1) is 11.8. The van der Waals surface area contributed by atoms with Gasteiger partial charge >= 0.3 is 5.97 Å². The predicted octanol–water partition coefficient (Wildman–Crippen LogP) is 1.89. The molecule has 0 radical (unpaired) electrons. The van der Waals surface area contributed by atoms with Gasteiger partial charge in [-0.25, -0.2) is 4.79 Å². The van der Waals surface area contributed by atoms with Gasteiger partial charge in [0, 0.05) is 5.02 Å². The van der Waals surface area contributed by atoms with Crippen LogP contribution in [0.5, 0.6) is 0 Å². The minimum Gasteiger partial charge on any atom is -0.467 e. The minimum absolute atomic E-state index is 0.640. The van der Waals surface area contributed by atoms with E-state index in [2.05, 4.69) is 4.74 Å². The lowest BCUT2D eigenvalue weighted by atomic mass is 10.2. The Balaban J connectivity index is 2.65. The van der Waals surface area contributed by atoms with Crippen LogP contribution < -0.4 is 0 Å². The number of methoxy groups -OCH3 is 1. The summed E-state index contributed by atoms with van der Waals surface area (Å²) in [6.45, 7) is 0. The van der Waals surface area contributed by atoms with Gasteiger partial charge in [-0.3, -0.25) is 0 Å². The van der Waals surface area contributed by atoms with Gasteiger partial charge in [-0.05, 0) is 23.8 Å². The molecule has 80 valence electrons. The summed E-state index contributed by atoms with van der Waals surface area (Å²) < 4.78 is 4.36. The molecule has 1 atom stereocenters. The van der Waals surface area contributed by atoms with E-state index in [1.165, 1.54) is 13.2 Å². The van der Waals surface area contributed by atoms with Crippen molar-refractivity contribution in [1.82, 2.24) is 0 Å². The Bertz CT molecular complexity index is 357. The van der Waals surface area contributed by atoms with E-state index >= 15 is 0 Å². The van der Waals surface area contributed by atoms with Crippen molar-refractivity contribution in [2.45, 2.75) is 6.10 Å². The van der Waals surface area contributed by atoms with Crippen LogP contribution in [0.1, 0.15) is 5.56 Å². The maximum absolute atomic E-state index is 10.8. The van der Waals surface area contributed by atoms with Gasteiger partial charge in [0.15, 0.2) is 6.10 Å². The fourth-order valence-corrected chi connectivity index (χ4v) is 1.10. The van der Waals surface area contributed by atoms with Crippen molar-refractivity contribution in [1.29, 1.82) is 0 Å². The molecule has 0 amide bonds. The number of aliphatic hydroxyl groups excluding tert-OH is 1.